The molecule has 2 aliphatic rings. The second-order valence-electron chi connectivity index (χ2n) is 9.54. The standard InChI is InChI=1S/C30H24N6O/c1-19-25-13-12-24-26(21-16-32-18-33-17-21)35-29(34-23-10-6-3-7-11-23)36-28(24)30(25,14-20(15-31)27(19)37)22-8-4-2-5-9-22/h2-11,14,16-19,25H,12-13H2,1H3,(H,34,35,36)/t19-,25-,30+/m0/s1. The molecule has 37 heavy (non-hydrogen) atoms. The van der Waals surface area contributed by atoms with Crippen molar-refractivity contribution in [2.75, 3.05) is 5.32 Å². The van der Waals surface area contributed by atoms with Gasteiger partial charge >= 0.3 is 0 Å². The summed E-state index contributed by atoms with van der Waals surface area (Å²) in [5, 5.41) is 13.3. The molecule has 3 atom stereocenters. The molecule has 0 saturated heterocycles. The minimum Gasteiger partial charge on any atom is -0.324 e. The van der Waals surface area contributed by atoms with Gasteiger partial charge < -0.3 is 5.32 Å². The van der Waals surface area contributed by atoms with Crippen LogP contribution in [-0.4, -0.2) is 25.7 Å². The van der Waals surface area contributed by atoms with Gasteiger partial charge in [0.05, 0.1) is 22.4 Å². The van der Waals surface area contributed by atoms with E-state index >= 15 is 0 Å². The Morgan fingerprint density at radius 3 is 2.41 bits per heavy atom. The lowest BCUT2D eigenvalue weighted by Crippen LogP contribution is -2.48. The molecule has 0 aliphatic heterocycles. The summed E-state index contributed by atoms with van der Waals surface area (Å²) in [6.45, 7) is 1.94. The summed E-state index contributed by atoms with van der Waals surface area (Å²) >= 11 is 0. The highest BCUT2D eigenvalue weighted by atomic mass is 16.1. The van der Waals surface area contributed by atoms with Gasteiger partial charge in [0.25, 0.3) is 0 Å². The number of nitrogens with one attached hydrogen (secondary N) is 1. The molecule has 7 heteroatoms. The number of Topliss-reactive ketones (excluding diaryl/α,β-unsaturated/α-hetero) is 1. The molecule has 0 spiro atoms. The minimum absolute atomic E-state index is 0.0497. The van der Waals surface area contributed by atoms with E-state index in [4.69, 9.17) is 9.97 Å². The Balaban J connectivity index is 1.68. The molecule has 0 unspecified atom stereocenters. The first-order valence-electron chi connectivity index (χ1n) is 12.3. The number of anilines is 2. The third kappa shape index (κ3) is 3.69. The van der Waals surface area contributed by atoms with E-state index in [1.807, 2.05) is 61.5 Å². The molecule has 0 fully saturated rings. The van der Waals surface area contributed by atoms with Gasteiger partial charge in [0, 0.05) is 35.1 Å². The number of carbonyl (C=O) groups is 1. The van der Waals surface area contributed by atoms with Gasteiger partial charge in [-0.2, -0.15) is 5.26 Å². The minimum atomic E-state index is -0.756. The predicted octanol–water partition coefficient (Wildman–Crippen LogP) is 5.19. The van der Waals surface area contributed by atoms with Crippen LogP contribution in [0.3, 0.4) is 0 Å². The zero-order chi connectivity index (χ0) is 25.4. The van der Waals surface area contributed by atoms with Crippen molar-refractivity contribution in [1.29, 1.82) is 5.26 Å². The Labute approximate surface area is 215 Å². The number of hydrogen-bond donors (Lipinski definition) is 1. The average Bonchev–Trinajstić information content (AvgIpc) is 2.96. The molecular weight excluding hydrogens is 460 g/mol. The number of allylic oxidation sites excluding steroid dienone is 2. The number of para-hydroxylation sites is 1. The molecule has 180 valence electrons. The number of aromatic nitrogens is 4. The molecule has 2 heterocycles. The lowest BCUT2D eigenvalue weighted by atomic mass is 9.54. The first-order chi connectivity index (χ1) is 18.1. The van der Waals surface area contributed by atoms with E-state index < -0.39 is 5.41 Å². The van der Waals surface area contributed by atoms with E-state index in [9.17, 15) is 10.1 Å². The Morgan fingerprint density at radius 2 is 1.70 bits per heavy atom. The van der Waals surface area contributed by atoms with Gasteiger partial charge in [0.1, 0.15) is 12.4 Å². The fourth-order valence-electron chi connectivity index (χ4n) is 5.91. The van der Waals surface area contributed by atoms with Crippen molar-refractivity contribution in [3.63, 3.8) is 0 Å². The monoisotopic (exact) mass is 484 g/mol. The van der Waals surface area contributed by atoms with Crippen molar-refractivity contribution in [1.82, 2.24) is 19.9 Å². The van der Waals surface area contributed by atoms with E-state index in [1.54, 1.807) is 12.4 Å². The molecule has 4 aromatic rings. The van der Waals surface area contributed by atoms with Gasteiger partial charge in [-0.1, -0.05) is 55.5 Å². The van der Waals surface area contributed by atoms with Crippen molar-refractivity contribution in [3.8, 4) is 17.3 Å². The van der Waals surface area contributed by atoms with E-state index in [0.717, 1.165) is 40.2 Å². The van der Waals surface area contributed by atoms with Gasteiger partial charge in [0.2, 0.25) is 5.95 Å². The molecule has 0 amide bonds. The summed E-state index contributed by atoms with van der Waals surface area (Å²) in [7, 11) is 0. The van der Waals surface area contributed by atoms with Crippen molar-refractivity contribution in [2.24, 2.45) is 11.8 Å². The van der Waals surface area contributed by atoms with E-state index in [0.29, 0.717) is 12.4 Å². The Morgan fingerprint density at radius 1 is 1.00 bits per heavy atom. The third-order valence-electron chi connectivity index (χ3n) is 7.58. The molecule has 2 aliphatic carbocycles. The summed E-state index contributed by atoms with van der Waals surface area (Å²) in [5.41, 5.74) is 4.65. The molecule has 6 rings (SSSR count). The fourth-order valence-corrected chi connectivity index (χ4v) is 5.91. The second kappa shape index (κ2) is 9.07. The van der Waals surface area contributed by atoms with Gasteiger partial charge in [0.15, 0.2) is 5.78 Å². The average molecular weight is 485 g/mol. The zero-order valence-electron chi connectivity index (χ0n) is 20.3. The number of benzene rings is 2. The van der Waals surface area contributed by atoms with Crippen molar-refractivity contribution >= 4 is 17.4 Å². The van der Waals surface area contributed by atoms with Gasteiger partial charge in [-0.3, -0.25) is 4.79 Å². The second-order valence-corrected chi connectivity index (χ2v) is 9.54. The highest BCUT2D eigenvalue weighted by Crippen LogP contribution is 2.54. The molecule has 0 saturated carbocycles. The molecule has 0 radical (unpaired) electrons. The maximum Gasteiger partial charge on any atom is 0.228 e. The number of carbonyl (C=O) groups excluding carboxylic acids is 1. The predicted molar refractivity (Wildman–Crippen MR) is 140 cm³/mol. The van der Waals surface area contributed by atoms with Crippen LogP contribution >= 0.6 is 0 Å². The number of rotatable bonds is 4. The van der Waals surface area contributed by atoms with E-state index in [2.05, 4.69) is 33.5 Å². The van der Waals surface area contributed by atoms with Crippen molar-refractivity contribution < 1.29 is 4.79 Å². The quantitative estimate of drug-likeness (QED) is 0.425. The van der Waals surface area contributed by atoms with E-state index in [1.165, 1.54) is 6.33 Å². The first-order valence-corrected chi connectivity index (χ1v) is 12.3. The zero-order valence-corrected chi connectivity index (χ0v) is 20.3. The normalized spacial score (nSPS) is 22.3. The van der Waals surface area contributed by atoms with Gasteiger partial charge in [-0.25, -0.2) is 19.9 Å². The topological polar surface area (TPSA) is 104 Å². The third-order valence-corrected chi connectivity index (χ3v) is 7.58. The number of ketones is 1. The largest absolute Gasteiger partial charge is 0.324 e. The van der Waals surface area contributed by atoms with Crippen molar-refractivity contribution in [2.45, 2.75) is 25.2 Å². The summed E-state index contributed by atoms with van der Waals surface area (Å²) < 4.78 is 0. The summed E-state index contributed by atoms with van der Waals surface area (Å²) in [4.78, 5) is 31.7. The molecule has 0 bridgehead atoms. The Bertz CT molecular complexity index is 1550. The molecule has 7 nitrogen and oxygen atoms in total. The van der Waals surface area contributed by atoms with Crippen LogP contribution in [0.1, 0.15) is 30.2 Å². The van der Waals surface area contributed by atoms with Crippen LogP contribution in [0.2, 0.25) is 0 Å². The number of nitrogens with zero attached hydrogens (tertiary/aromatic N) is 5. The number of fused-ring (bicyclic) bond motifs is 3. The highest BCUT2D eigenvalue weighted by Gasteiger charge is 2.53. The van der Waals surface area contributed by atoms with Gasteiger partial charge in [-0.15, -0.1) is 0 Å². The smallest absolute Gasteiger partial charge is 0.228 e. The van der Waals surface area contributed by atoms with Crippen LogP contribution < -0.4 is 5.32 Å². The van der Waals surface area contributed by atoms with E-state index in [-0.39, 0.29) is 23.2 Å². The number of nitriles is 1. The summed E-state index contributed by atoms with van der Waals surface area (Å²) in [6, 6.07) is 22.0. The Hall–Kier alpha value is -4.70. The van der Waals surface area contributed by atoms with Gasteiger partial charge in [-0.05, 0) is 42.5 Å². The van der Waals surface area contributed by atoms with Crippen LogP contribution in [-0.2, 0) is 16.6 Å². The van der Waals surface area contributed by atoms with Crippen LogP contribution in [0, 0.1) is 23.2 Å². The maximum atomic E-state index is 13.1. The summed E-state index contributed by atoms with van der Waals surface area (Å²) in [5.74, 6) is -0.0320. The maximum absolute atomic E-state index is 13.1. The first kappa shape index (κ1) is 22.7. The number of hydrogen-bond acceptors (Lipinski definition) is 7. The van der Waals surface area contributed by atoms with Crippen LogP contribution in [0.5, 0.6) is 0 Å². The lowest BCUT2D eigenvalue weighted by molar-refractivity contribution is -0.121. The van der Waals surface area contributed by atoms with Crippen LogP contribution in [0.4, 0.5) is 11.6 Å². The highest BCUT2D eigenvalue weighted by molar-refractivity contribution is 6.02. The Kier molecular flexibility index (Phi) is 5.57. The molecule has 2 aromatic heterocycles. The lowest BCUT2D eigenvalue weighted by Gasteiger charge is -2.48. The summed E-state index contributed by atoms with van der Waals surface area (Å²) in [6.07, 6.45) is 8.34. The van der Waals surface area contributed by atoms with Crippen LogP contribution in [0.15, 0.2) is 91.0 Å². The fraction of sp³-hybridized carbons (Fsp3) is 0.200. The molecular formula is C30H24N6O. The molecule has 2 aromatic carbocycles. The SMILES string of the molecule is C[C@@H]1C(=O)C(C#N)=C[C@]2(c3ccccc3)c3nc(Nc4ccccc4)nc(-c4cncnc4)c3CC[C@@H]12. The van der Waals surface area contributed by atoms with Crippen molar-refractivity contribution in [3.05, 3.63) is 108 Å². The van der Waals surface area contributed by atoms with Crippen LogP contribution in [0.25, 0.3) is 11.3 Å². The molecule has 1 N–H and O–H groups in total.